The highest BCUT2D eigenvalue weighted by Crippen LogP contribution is 2.35. The molecular formula is C14H12S. The van der Waals surface area contributed by atoms with Crippen LogP contribution < -0.4 is 0 Å². The lowest BCUT2D eigenvalue weighted by Crippen LogP contribution is -1.75. The monoisotopic (exact) mass is 212 g/mol. The molecule has 0 aliphatic rings. The Morgan fingerprint density at radius 2 is 1.73 bits per heavy atom. The van der Waals surface area contributed by atoms with E-state index in [4.69, 9.17) is 0 Å². The second kappa shape index (κ2) is 3.07. The van der Waals surface area contributed by atoms with E-state index in [1.165, 1.54) is 31.3 Å². The molecule has 1 aromatic heterocycles. The minimum absolute atomic E-state index is 1.34. The minimum atomic E-state index is 1.34. The number of fused-ring (bicyclic) bond motifs is 3. The van der Waals surface area contributed by atoms with Crippen LogP contribution in [0.5, 0.6) is 0 Å². The summed E-state index contributed by atoms with van der Waals surface area (Å²) in [4.78, 5) is 1.43. The van der Waals surface area contributed by atoms with Gasteiger partial charge in [-0.1, -0.05) is 30.3 Å². The molecule has 0 bridgehead atoms. The van der Waals surface area contributed by atoms with Crippen molar-refractivity contribution in [3.05, 3.63) is 46.8 Å². The molecule has 74 valence electrons. The average molecular weight is 212 g/mol. The molecule has 3 rings (SSSR count). The number of thiophene rings is 1. The van der Waals surface area contributed by atoms with Gasteiger partial charge in [-0.3, -0.25) is 0 Å². The summed E-state index contributed by atoms with van der Waals surface area (Å²) in [5.41, 5.74) is 1.44. The molecule has 1 heteroatoms. The van der Waals surface area contributed by atoms with Crippen LogP contribution in [0, 0.1) is 13.8 Å². The molecule has 0 aliphatic heterocycles. The molecule has 0 unspecified atom stereocenters. The Hall–Kier alpha value is -1.34. The van der Waals surface area contributed by atoms with Crippen molar-refractivity contribution in [3.63, 3.8) is 0 Å². The molecule has 0 aliphatic carbocycles. The minimum Gasteiger partial charge on any atom is -0.140 e. The van der Waals surface area contributed by atoms with Crippen molar-refractivity contribution < 1.29 is 0 Å². The maximum atomic E-state index is 2.24. The van der Waals surface area contributed by atoms with Crippen molar-refractivity contribution in [2.45, 2.75) is 13.8 Å². The number of aryl methyl sites for hydroxylation is 2. The first-order valence-corrected chi connectivity index (χ1v) is 5.96. The van der Waals surface area contributed by atoms with Gasteiger partial charge in [-0.25, -0.2) is 0 Å². The first-order chi connectivity index (χ1) is 7.27. The molecule has 0 amide bonds. The smallest absolute Gasteiger partial charge is 0.0354 e. The Labute approximate surface area is 93.2 Å². The van der Waals surface area contributed by atoms with E-state index in [9.17, 15) is 0 Å². The lowest BCUT2D eigenvalue weighted by Gasteiger charge is -2.00. The van der Waals surface area contributed by atoms with E-state index in [2.05, 4.69) is 50.2 Å². The van der Waals surface area contributed by atoms with Crippen LogP contribution in [0.4, 0.5) is 0 Å². The van der Waals surface area contributed by atoms with Crippen LogP contribution in [0.1, 0.15) is 10.4 Å². The zero-order chi connectivity index (χ0) is 10.4. The van der Waals surface area contributed by atoms with Crippen molar-refractivity contribution in [1.82, 2.24) is 0 Å². The van der Waals surface area contributed by atoms with Gasteiger partial charge in [0.05, 0.1) is 0 Å². The van der Waals surface area contributed by atoms with Gasteiger partial charge >= 0.3 is 0 Å². The molecule has 0 N–H and O–H groups in total. The lowest BCUT2D eigenvalue weighted by molar-refractivity contribution is 1.48. The van der Waals surface area contributed by atoms with E-state index in [0.717, 1.165) is 0 Å². The summed E-state index contributed by atoms with van der Waals surface area (Å²) in [7, 11) is 0. The largest absolute Gasteiger partial charge is 0.140 e. The summed E-state index contributed by atoms with van der Waals surface area (Å²) in [5, 5.41) is 4.17. The van der Waals surface area contributed by atoms with Crippen molar-refractivity contribution >= 4 is 32.2 Å². The number of rotatable bonds is 0. The molecule has 0 radical (unpaired) electrons. The van der Waals surface area contributed by atoms with Gasteiger partial charge in [0.25, 0.3) is 0 Å². The molecule has 0 saturated heterocycles. The van der Waals surface area contributed by atoms with Crippen LogP contribution in [-0.2, 0) is 0 Å². The van der Waals surface area contributed by atoms with Crippen LogP contribution in [-0.4, -0.2) is 0 Å². The molecule has 0 saturated carbocycles. The first kappa shape index (κ1) is 8.93. The highest BCUT2D eigenvalue weighted by molar-refractivity contribution is 7.19. The quantitative estimate of drug-likeness (QED) is 0.508. The molecule has 0 atom stereocenters. The van der Waals surface area contributed by atoms with Gasteiger partial charge in [-0.05, 0) is 36.2 Å². The summed E-state index contributed by atoms with van der Waals surface area (Å²) in [5.74, 6) is 0. The molecular weight excluding hydrogens is 200 g/mol. The van der Waals surface area contributed by atoms with Crippen molar-refractivity contribution in [2.24, 2.45) is 0 Å². The van der Waals surface area contributed by atoms with Crippen LogP contribution in [0.25, 0.3) is 20.9 Å². The van der Waals surface area contributed by atoms with Gasteiger partial charge in [0, 0.05) is 15.0 Å². The zero-order valence-electron chi connectivity index (χ0n) is 8.87. The highest BCUT2D eigenvalue weighted by Gasteiger charge is 2.07. The van der Waals surface area contributed by atoms with Crippen molar-refractivity contribution in [2.75, 3.05) is 0 Å². The van der Waals surface area contributed by atoms with Gasteiger partial charge in [-0.2, -0.15) is 0 Å². The fourth-order valence-electron chi connectivity index (χ4n) is 2.14. The zero-order valence-corrected chi connectivity index (χ0v) is 9.69. The Balaban J connectivity index is 2.63. The Bertz CT molecular complexity index is 647. The number of hydrogen-bond acceptors (Lipinski definition) is 1. The Morgan fingerprint density at radius 3 is 2.60 bits per heavy atom. The molecule has 15 heavy (non-hydrogen) atoms. The standard InChI is InChI=1S/C14H12S/c1-9-10(2)15-13-8-7-11-5-3-4-6-12(11)14(9)13/h3-8H,1-2H3. The number of hydrogen-bond donors (Lipinski definition) is 0. The third kappa shape index (κ3) is 1.20. The summed E-state index contributed by atoms with van der Waals surface area (Å²) < 4.78 is 1.41. The molecule has 0 fully saturated rings. The topological polar surface area (TPSA) is 0 Å². The maximum Gasteiger partial charge on any atom is 0.0354 e. The molecule has 0 spiro atoms. The normalized spacial score (nSPS) is 11.3. The van der Waals surface area contributed by atoms with Crippen LogP contribution in [0.2, 0.25) is 0 Å². The van der Waals surface area contributed by atoms with Gasteiger partial charge in [0.1, 0.15) is 0 Å². The molecule has 0 nitrogen and oxygen atoms in total. The second-order valence-corrected chi connectivity index (χ2v) is 5.20. The summed E-state index contributed by atoms with van der Waals surface area (Å²) in [6.45, 7) is 4.43. The maximum absolute atomic E-state index is 2.24. The predicted molar refractivity (Wildman–Crippen MR) is 68.8 cm³/mol. The van der Waals surface area contributed by atoms with E-state index < -0.39 is 0 Å². The lowest BCUT2D eigenvalue weighted by atomic mass is 10.0. The predicted octanol–water partition coefficient (Wildman–Crippen LogP) is 4.67. The van der Waals surface area contributed by atoms with Gasteiger partial charge in [0.2, 0.25) is 0 Å². The summed E-state index contributed by atoms with van der Waals surface area (Å²) >= 11 is 1.89. The third-order valence-corrected chi connectivity index (χ3v) is 4.23. The summed E-state index contributed by atoms with van der Waals surface area (Å²) in [6, 6.07) is 13.1. The van der Waals surface area contributed by atoms with Gasteiger partial charge < -0.3 is 0 Å². The van der Waals surface area contributed by atoms with E-state index in [-0.39, 0.29) is 0 Å². The SMILES string of the molecule is Cc1sc2ccc3ccccc3c2c1C. The molecule has 3 aromatic rings. The van der Waals surface area contributed by atoms with Crippen molar-refractivity contribution in [3.8, 4) is 0 Å². The Morgan fingerprint density at radius 1 is 0.933 bits per heavy atom. The fraction of sp³-hybridized carbons (Fsp3) is 0.143. The van der Waals surface area contributed by atoms with E-state index >= 15 is 0 Å². The average Bonchev–Trinajstić information content (AvgIpc) is 2.55. The first-order valence-electron chi connectivity index (χ1n) is 5.15. The van der Waals surface area contributed by atoms with E-state index in [1.807, 2.05) is 11.3 Å². The van der Waals surface area contributed by atoms with E-state index in [0.29, 0.717) is 0 Å². The summed E-state index contributed by atoms with van der Waals surface area (Å²) in [6.07, 6.45) is 0. The molecule has 1 heterocycles. The van der Waals surface area contributed by atoms with Crippen LogP contribution in [0.15, 0.2) is 36.4 Å². The van der Waals surface area contributed by atoms with E-state index in [1.54, 1.807) is 0 Å². The van der Waals surface area contributed by atoms with Gasteiger partial charge in [0.15, 0.2) is 0 Å². The third-order valence-electron chi connectivity index (χ3n) is 3.06. The second-order valence-electron chi connectivity index (χ2n) is 3.94. The molecule has 2 aromatic carbocycles. The van der Waals surface area contributed by atoms with Crippen LogP contribution in [0.3, 0.4) is 0 Å². The Kier molecular flexibility index (Phi) is 1.83. The fourth-order valence-corrected chi connectivity index (χ4v) is 3.23. The number of benzene rings is 2. The van der Waals surface area contributed by atoms with Crippen LogP contribution >= 0.6 is 11.3 Å². The van der Waals surface area contributed by atoms with Gasteiger partial charge in [-0.15, -0.1) is 11.3 Å². The highest BCUT2D eigenvalue weighted by atomic mass is 32.1. The van der Waals surface area contributed by atoms with Crippen molar-refractivity contribution in [1.29, 1.82) is 0 Å².